The molecule has 176 valence electrons. The van der Waals surface area contributed by atoms with Crippen LogP contribution in [0, 0.1) is 0 Å². The van der Waals surface area contributed by atoms with Crippen LogP contribution in [-0.2, 0) is 22.4 Å². The fourth-order valence-corrected chi connectivity index (χ4v) is 5.41. The number of amides is 2. The molecule has 1 aliphatic heterocycles. The predicted molar refractivity (Wildman–Crippen MR) is 132 cm³/mol. The molecule has 2 aromatic rings. The molecular formula is C28H37N3O2. The molecule has 2 amide bonds. The van der Waals surface area contributed by atoms with Gasteiger partial charge in [0, 0.05) is 44.4 Å². The zero-order chi connectivity index (χ0) is 23.0. The smallest absolute Gasteiger partial charge is 0.223 e. The molecule has 0 bridgehead atoms. The monoisotopic (exact) mass is 447 g/mol. The highest BCUT2D eigenvalue weighted by Gasteiger charge is 2.30. The average Bonchev–Trinajstić information content (AvgIpc) is 3.49. The van der Waals surface area contributed by atoms with E-state index in [-0.39, 0.29) is 23.8 Å². The molecule has 1 heterocycles. The first-order chi connectivity index (χ1) is 16.1. The van der Waals surface area contributed by atoms with Crippen LogP contribution in [-0.4, -0.2) is 60.4 Å². The lowest BCUT2D eigenvalue weighted by molar-refractivity contribution is -0.133. The Balaban J connectivity index is 1.37. The van der Waals surface area contributed by atoms with Crippen molar-refractivity contribution in [2.45, 2.75) is 57.4 Å². The second-order valence-electron chi connectivity index (χ2n) is 9.43. The van der Waals surface area contributed by atoms with Gasteiger partial charge in [-0.25, -0.2) is 0 Å². The van der Waals surface area contributed by atoms with Crippen LogP contribution in [0.2, 0.25) is 0 Å². The van der Waals surface area contributed by atoms with E-state index in [9.17, 15) is 9.59 Å². The summed E-state index contributed by atoms with van der Waals surface area (Å²) in [6.07, 6.45) is 5.06. The Morgan fingerprint density at radius 1 is 0.970 bits per heavy atom. The number of likely N-dealkylation sites (tertiary alicyclic amines) is 1. The van der Waals surface area contributed by atoms with Crippen molar-refractivity contribution < 1.29 is 9.59 Å². The molecule has 0 aromatic heterocycles. The summed E-state index contributed by atoms with van der Waals surface area (Å²) in [5, 5.41) is 3.09. The number of nitrogens with zero attached hydrogens (tertiary/aromatic N) is 2. The summed E-state index contributed by atoms with van der Waals surface area (Å²) in [5.41, 5.74) is 3.77. The summed E-state index contributed by atoms with van der Waals surface area (Å²) in [5.74, 6) is 0.0736. The third kappa shape index (κ3) is 6.23. The van der Waals surface area contributed by atoms with Crippen LogP contribution in [0.25, 0.3) is 0 Å². The van der Waals surface area contributed by atoms with E-state index in [0.29, 0.717) is 25.9 Å². The predicted octanol–water partition coefficient (Wildman–Crippen LogP) is 3.78. The summed E-state index contributed by atoms with van der Waals surface area (Å²) < 4.78 is 0. The quantitative estimate of drug-likeness (QED) is 0.603. The molecule has 2 aromatic carbocycles. The lowest BCUT2D eigenvalue weighted by atomic mass is 9.91. The molecule has 1 aliphatic carbocycles. The third-order valence-corrected chi connectivity index (χ3v) is 7.20. The van der Waals surface area contributed by atoms with Crippen LogP contribution in [0.3, 0.4) is 0 Å². The minimum atomic E-state index is -0.108. The van der Waals surface area contributed by atoms with Crippen molar-refractivity contribution in [2.24, 2.45) is 0 Å². The Bertz CT molecular complexity index is 899. The molecule has 1 fully saturated rings. The standard InChI is InChI=1S/C28H37N3O2/c1-2-31(26-18-23-12-6-7-13-24(23)19-26)28(33)21-25(22-10-4-3-5-11-22)20-27(32)29-14-17-30-15-8-9-16-30/h3-7,10-13,25-26H,2,8-9,14-21H2,1H3,(H,29,32). The van der Waals surface area contributed by atoms with Gasteiger partial charge in [-0.3, -0.25) is 9.59 Å². The highest BCUT2D eigenvalue weighted by atomic mass is 16.2. The van der Waals surface area contributed by atoms with Gasteiger partial charge in [-0.1, -0.05) is 54.6 Å². The number of carbonyl (C=O) groups is 2. The average molecular weight is 448 g/mol. The van der Waals surface area contributed by atoms with E-state index in [1.165, 1.54) is 24.0 Å². The molecule has 2 aliphatic rings. The molecule has 4 rings (SSSR count). The number of hydrogen-bond acceptors (Lipinski definition) is 3. The SMILES string of the molecule is CCN(C(=O)CC(CC(=O)NCCN1CCCC1)c1ccccc1)C1Cc2ccccc2C1. The van der Waals surface area contributed by atoms with Gasteiger partial charge in [-0.15, -0.1) is 0 Å². The van der Waals surface area contributed by atoms with Crippen molar-refractivity contribution >= 4 is 11.8 Å². The number of carbonyl (C=O) groups excluding carboxylic acids is 2. The number of likely N-dealkylation sites (N-methyl/N-ethyl adjacent to an activating group) is 1. The minimum absolute atomic E-state index is 0.0344. The van der Waals surface area contributed by atoms with Crippen molar-refractivity contribution in [3.63, 3.8) is 0 Å². The van der Waals surface area contributed by atoms with Crippen molar-refractivity contribution in [3.8, 4) is 0 Å². The van der Waals surface area contributed by atoms with Gasteiger partial charge in [0.1, 0.15) is 0 Å². The van der Waals surface area contributed by atoms with Crippen molar-refractivity contribution in [2.75, 3.05) is 32.7 Å². The maximum atomic E-state index is 13.5. The Hall–Kier alpha value is -2.66. The first kappa shape index (κ1) is 23.5. The van der Waals surface area contributed by atoms with Crippen LogP contribution in [0.15, 0.2) is 54.6 Å². The van der Waals surface area contributed by atoms with E-state index in [4.69, 9.17) is 0 Å². The largest absolute Gasteiger partial charge is 0.355 e. The summed E-state index contributed by atoms with van der Waals surface area (Å²) in [7, 11) is 0. The molecule has 0 radical (unpaired) electrons. The first-order valence-electron chi connectivity index (χ1n) is 12.5. The van der Waals surface area contributed by atoms with Gasteiger partial charge in [-0.05, 0) is 62.4 Å². The Kier molecular flexibility index (Phi) is 8.16. The number of fused-ring (bicyclic) bond motifs is 1. The lowest BCUT2D eigenvalue weighted by Gasteiger charge is -2.29. The molecule has 1 atom stereocenters. The van der Waals surface area contributed by atoms with Gasteiger partial charge in [0.15, 0.2) is 0 Å². The molecule has 5 heteroatoms. The van der Waals surface area contributed by atoms with Crippen LogP contribution < -0.4 is 5.32 Å². The molecule has 1 N–H and O–H groups in total. The molecule has 33 heavy (non-hydrogen) atoms. The van der Waals surface area contributed by atoms with Gasteiger partial charge in [0.25, 0.3) is 0 Å². The van der Waals surface area contributed by atoms with Gasteiger partial charge in [0.2, 0.25) is 11.8 Å². The van der Waals surface area contributed by atoms with Crippen molar-refractivity contribution in [3.05, 3.63) is 71.3 Å². The number of benzene rings is 2. The maximum Gasteiger partial charge on any atom is 0.223 e. The van der Waals surface area contributed by atoms with Crippen LogP contribution in [0.4, 0.5) is 0 Å². The molecule has 0 spiro atoms. The first-order valence-corrected chi connectivity index (χ1v) is 12.5. The van der Waals surface area contributed by atoms with E-state index in [1.54, 1.807) is 0 Å². The number of rotatable bonds is 10. The fourth-order valence-electron chi connectivity index (χ4n) is 5.41. The Morgan fingerprint density at radius 3 is 2.24 bits per heavy atom. The van der Waals surface area contributed by atoms with Crippen LogP contribution in [0.1, 0.15) is 55.2 Å². The molecular weight excluding hydrogens is 410 g/mol. The van der Waals surface area contributed by atoms with Crippen LogP contribution >= 0.6 is 0 Å². The summed E-state index contributed by atoms with van der Waals surface area (Å²) >= 11 is 0. The summed E-state index contributed by atoms with van der Waals surface area (Å²) in [6, 6.07) is 18.7. The van der Waals surface area contributed by atoms with Crippen molar-refractivity contribution in [1.29, 1.82) is 0 Å². The minimum Gasteiger partial charge on any atom is -0.355 e. The Labute approximate surface area is 198 Å². The van der Waals surface area contributed by atoms with E-state index in [1.807, 2.05) is 35.2 Å². The second-order valence-corrected chi connectivity index (χ2v) is 9.43. The number of nitrogens with one attached hydrogen (secondary N) is 1. The van der Waals surface area contributed by atoms with Gasteiger partial charge < -0.3 is 15.1 Å². The highest BCUT2D eigenvalue weighted by molar-refractivity contribution is 5.81. The second kappa shape index (κ2) is 11.5. The van der Waals surface area contributed by atoms with E-state index in [0.717, 1.165) is 38.0 Å². The van der Waals surface area contributed by atoms with Gasteiger partial charge in [-0.2, -0.15) is 0 Å². The third-order valence-electron chi connectivity index (χ3n) is 7.20. The van der Waals surface area contributed by atoms with Crippen molar-refractivity contribution in [1.82, 2.24) is 15.1 Å². The Morgan fingerprint density at radius 2 is 1.61 bits per heavy atom. The topological polar surface area (TPSA) is 52.7 Å². The summed E-state index contributed by atoms with van der Waals surface area (Å²) in [4.78, 5) is 30.7. The van der Waals surface area contributed by atoms with E-state index in [2.05, 4.69) is 41.4 Å². The maximum absolute atomic E-state index is 13.5. The zero-order valence-electron chi connectivity index (χ0n) is 19.8. The molecule has 0 saturated carbocycles. The molecule has 1 unspecified atom stereocenters. The highest BCUT2D eigenvalue weighted by Crippen LogP contribution is 2.29. The number of hydrogen-bond donors (Lipinski definition) is 1. The zero-order valence-corrected chi connectivity index (χ0v) is 19.8. The van der Waals surface area contributed by atoms with Gasteiger partial charge in [0.05, 0.1) is 0 Å². The van der Waals surface area contributed by atoms with E-state index < -0.39 is 0 Å². The molecule has 5 nitrogen and oxygen atoms in total. The molecule has 1 saturated heterocycles. The lowest BCUT2D eigenvalue weighted by Crippen LogP contribution is -2.41. The summed E-state index contributed by atoms with van der Waals surface area (Å²) in [6.45, 7) is 6.61. The van der Waals surface area contributed by atoms with Crippen LogP contribution in [0.5, 0.6) is 0 Å². The van der Waals surface area contributed by atoms with E-state index >= 15 is 0 Å². The fraction of sp³-hybridized carbons (Fsp3) is 0.500. The normalized spacial score (nSPS) is 17.0. The van der Waals surface area contributed by atoms with Gasteiger partial charge >= 0.3 is 0 Å².